The van der Waals surface area contributed by atoms with Crippen molar-refractivity contribution < 1.29 is 13.2 Å². The summed E-state index contributed by atoms with van der Waals surface area (Å²) in [6.07, 6.45) is 1.89. The summed E-state index contributed by atoms with van der Waals surface area (Å²) in [6.45, 7) is 2.22. The van der Waals surface area contributed by atoms with E-state index in [0.717, 1.165) is 22.0 Å². The number of fused-ring (bicyclic) bond motifs is 1. The summed E-state index contributed by atoms with van der Waals surface area (Å²) in [5.41, 5.74) is 2.63. The topological polar surface area (TPSA) is 88.2 Å². The Bertz CT molecular complexity index is 1040. The molecule has 0 saturated carbocycles. The van der Waals surface area contributed by atoms with Gasteiger partial charge in [-0.05, 0) is 30.7 Å². The number of rotatable bonds is 7. The lowest BCUT2D eigenvalue weighted by atomic mass is 10.1. The summed E-state index contributed by atoms with van der Waals surface area (Å²) < 4.78 is 26.9. The summed E-state index contributed by atoms with van der Waals surface area (Å²) in [6, 6.07) is 16.1. The number of benzene rings is 2. The number of pyridine rings is 1. The number of amides is 1. The summed E-state index contributed by atoms with van der Waals surface area (Å²) in [5.74, 6) is -0.178. The van der Waals surface area contributed by atoms with E-state index in [-0.39, 0.29) is 30.3 Å². The first-order valence-electron chi connectivity index (χ1n) is 8.61. The van der Waals surface area contributed by atoms with Crippen LogP contribution in [0.2, 0.25) is 0 Å². The Kier molecular flexibility index (Phi) is 5.83. The van der Waals surface area contributed by atoms with Gasteiger partial charge in [-0.2, -0.15) is 0 Å². The van der Waals surface area contributed by atoms with E-state index in [0.29, 0.717) is 0 Å². The van der Waals surface area contributed by atoms with Crippen LogP contribution >= 0.6 is 0 Å². The van der Waals surface area contributed by atoms with Gasteiger partial charge in [-0.3, -0.25) is 9.78 Å². The number of sulfonamides is 1. The molecule has 2 aromatic carbocycles. The van der Waals surface area contributed by atoms with Crippen molar-refractivity contribution in [1.29, 1.82) is 0 Å². The lowest BCUT2D eigenvalue weighted by molar-refractivity contribution is -0.120. The molecule has 0 aliphatic heterocycles. The van der Waals surface area contributed by atoms with Gasteiger partial charge in [-0.25, -0.2) is 13.1 Å². The van der Waals surface area contributed by atoms with Crippen molar-refractivity contribution in [1.82, 2.24) is 15.0 Å². The van der Waals surface area contributed by atoms with Crippen molar-refractivity contribution in [3.8, 4) is 0 Å². The van der Waals surface area contributed by atoms with Gasteiger partial charge in [0.05, 0.1) is 16.8 Å². The van der Waals surface area contributed by atoms with Crippen molar-refractivity contribution in [3.63, 3.8) is 0 Å². The second kappa shape index (κ2) is 8.28. The van der Waals surface area contributed by atoms with Crippen LogP contribution in [0, 0.1) is 6.92 Å². The van der Waals surface area contributed by atoms with E-state index in [9.17, 15) is 13.2 Å². The minimum atomic E-state index is -3.57. The maximum Gasteiger partial charge on any atom is 0.240 e. The number of carbonyl (C=O) groups excluding carboxylic acids is 1. The maximum atomic E-state index is 12.2. The zero-order valence-electron chi connectivity index (χ0n) is 15.0. The number of para-hydroxylation sites is 1. The first kappa shape index (κ1) is 19.0. The third-order valence-corrected chi connectivity index (χ3v) is 5.61. The molecule has 3 rings (SSSR count). The van der Waals surface area contributed by atoms with Crippen LogP contribution in [0.3, 0.4) is 0 Å². The number of nitrogens with one attached hydrogen (secondary N) is 2. The number of aryl methyl sites for hydroxylation is 1. The predicted molar refractivity (Wildman–Crippen MR) is 105 cm³/mol. The van der Waals surface area contributed by atoms with Gasteiger partial charge in [0.15, 0.2) is 0 Å². The molecule has 140 valence electrons. The van der Waals surface area contributed by atoms with Crippen LogP contribution in [0.15, 0.2) is 65.7 Å². The molecule has 0 aliphatic rings. The van der Waals surface area contributed by atoms with Crippen molar-refractivity contribution in [2.24, 2.45) is 0 Å². The Morgan fingerprint density at radius 2 is 1.74 bits per heavy atom. The second-order valence-electron chi connectivity index (χ2n) is 6.23. The first-order chi connectivity index (χ1) is 13.0. The van der Waals surface area contributed by atoms with Crippen molar-refractivity contribution in [2.45, 2.75) is 18.2 Å². The van der Waals surface area contributed by atoms with Crippen LogP contribution in [0.4, 0.5) is 0 Å². The quantitative estimate of drug-likeness (QED) is 0.612. The number of nitrogens with zero attached hydrogens (tertiary/aromatic N) is 1. The summed E-state index contributed by atoms with van der Waals surface area (Å²) in [5, 5.41) is 3.72. The van der Waals surface area contributed by atoms with Crippen LogP contribution in [0.1, 0.15) is 11.1 Å². The molecule has 1 aromatic heterocycles. The van der Waals surface area contributed by atoms with Gasteiger partial charge in [0.1, 0.15) is 0 Å². The Labute approximate surface area is 158 Å². The van der Waals surface area contributed by atoms with E-state index in [4.69, 9.17) is 0 Å². The summed E-state index contributed by atoms with van der Waals surface area (Å²) >= 11 is 0. The van der Waals surface area contributed by atoms with Crippen LogP contribution in [-0.4, -0.2) is 32.4 Å². The lowest BCUT2D eigenvalue weighted by Crippen LogP contribution is -2.35. The largest absolute Gasteiger partial charge is 0.354 e. The number of hydrogen-bond acceptors (Lipinski definition) is 4. The van der Waals surface area contributed by atoms with Gasteiger partial charge < -0.3 is 5.32 Å². The predicted octanol–water partition coefficient (Wildman–Crippen LogP) is 2.18. The molecule has 0 aliphatic carbocycles. The molecule has 2 N–H and O–H groups in total. The average Bonchev–Trinajstić information content (AvgIpc) is 2.66. The van der Waals surface area contributed by atoms with Crippen molar-refractivity contribution >= 4 is 26.8 Å². The Balaban J connectivity index is 1.52. The van der Waals surface area contributed by atoms with Gasteiger partial charge in [0.25, 0.3) is 0 Å². The zero-order chi connectivity index (χ0) is 19.3. The van der Waals surface area contributed by atoms with Crippen molar-refractivity contribution in [2.75, 3.05) is 13.1 Å². The molecule has 1 amide bonds. The molecule has 7 heteroatoms. The van der Waals surface area contributed by atoms with E-state index >= 15 is 0 Å². The van der Waals surface area contributed by atoms with E-state index in [2.05, 4.69) is 15.0 Å². The molecule has 0 unspecified atom stereocenters. The molecule has 0 spiro atoms. The van der Waals surface area contributed by atoms with E-state index < -0.39 is 10.0 Å². The Morgan fingerprint density at radius 3 is 2.52 bits per heavy atom. The summed E-state index contributed by atoms with van der Waals surface area (Å²) in [4.78, 5) is 16.7. The number of carbonyl (C=O) groups is 1. The highest BCUT2D eigenvalue weighted by atomic mass is 32.2. The SMILES string of the molecule is Cc1ccc(S(=O)(=O)NCCNC(=O)Cc2cccc3cccnc23)cc1. The van der Waals surface area contributed by atoms with Crippen LogP contribution in [0.5, 0.6) is 0 Å². The second-order valence-corrected chi connectivity index (χ2v) is 8.00. The molecule has 3 aromatic rings. The van der Waals surface area contributed by atoms with Gasteiger partial charge >= 0.3 is 0 Å². The van der Waals surface area contributed by atoms with Crippen LogP contribution in [0.25, 0.3) is 10.9 Å². The Hall–Kier alpha value is -2.77. The number of hydrogen-bond donors (Lipinski definition) is 2. The normalized spacial score (nSPS) is 11.4. The molecule has 27 heavy (non-hydrogen) atoms. The highest BCUT2D eigenvalue weighted by molar-refractivity contribution is 7.89. The van der Waals surface area contributed by atoms with Crippen LogP contribution in [-0.2, 0) is 21.2 Å². The standard InChI is InChI=1S/C20H21N3O3S/c1-15-7-9-18(10-8-15)27(25,26)23-13-12-21-19(24)14-17-5-2-4-16-6-3-11-22-20(16)17/h2-11,23H,12-14H2,1H3,(H,21,24). The molecular formula is C20H21N3O3S. The monoisotopic (exact) mass is 383 g/mol. The van der Waals surface area contributed by atoms with Gasteiger partial charge in [-0.1, -0.05) is 42.0 Å². The molecule has 0 fully saturated rings. The summed E-state index contributed by atoms with van der Waals surface area (Å²) in [7, 11) is -3.57. The molecule has 1 heterocycles. The van der Waals surface area contributed by atoms with Gasteiger partial charge in [0, 0.05) is 24.7 Å². The van der Waals surface area contributed by atoms with Crippen LogP contribution < -0.4 is 10.0 Å². The average molecular weight is 383 g/mol. The fourth-order valence-electron chi connectivity index (χ4n) is 2.73. The zero-order valence-corrected chi connectivity index (χ0v) is 15.8. The highest BCUT2D eigenvalue weighted by Crippen LogP contribution is 2.16. The molecular weight excluding hydrogens is 362 g/mol. The smallest absolute Gasteiger partial charge is 0.240 e. The fraction of sp³-hybridized carbons (Fsp3) is 0.200. The van der Waals surface area contributed by atoms with E-state index in [1.165, 1.54) is 0 Å². The molecule has 6 nitrogen and oxygen atoms in total. The molecule has 0 saturated heterocycles. The molecule has 0 radical (unpaired) electrons. The first-order valence-corrected chi connectivity index (χ1v) is 10.1. The van der Waals surface area contributed by atoms with Gasteiger partial charge in [0.2, 0.25) is 15.9 Å². The minimum Gasteiger partial charge on any atom is -0.354 e. The van der Waals surface area contributed by atoms with Crippen molar-refractivity contribution in [3.05, 3.63) is 71.9 Å². The fourth-order valence-corrected chi connectivity index (χ4v) is 3.77. The lowest BCUT2D eigenvalue weighted by Gasteiger charge is -2.09. The molecule has 0 atom stereocenters. The van der Waals surface area contributed by atoms with E-state index in [1.807, 2.05) is 37.3 Å². The molecule has 0 bridgehead atoms. The Morgan fingerprint density at radius 1 is 1.00 bits per heavy atom. The highest BCUT2D eigenvalue weighted by Gasteiger charge is 2.13. The number of aromatic nitrogens is 1. The van der Waals surface area contributed by atoms with Gasteiger partial charge in [-0.15, -0.1) is 0 Å². The minimum absolute atomic E-state index is 0.121. The maximum absolute atomic E-state index is 12.2. The third-order valence-electron chi connectivity index (χ3n) is 4.14. The third kappa shape index (κ3) is 4.90. The van der Waals surface area contributed by atoms with E-state index in [1.54, 1.807) is 30.5 Å².